The molecule has 1 atom stereocenters. The molecule has 1 aromatic carbocycles. The Kier molecular flexibility index (Phi) is 5.41. The number of para-hydroxylation sites is 1. The highest BCUT2D eigenvalue weighted by atomic mass is 16.5. The molecule has 1 N–H and O–H groups in total. The number of hydrogen-bond acceptors (Lipinski definition) is 3. The summed E-state index contributed by atoms with van der Waals surface area (Å²) >= 11 is 0. The number of piperazine rings is 1. The summed E-state index contributed by atoms with van der Waals surface area (Å²) in [6.45, 7) is 7.03. The second-order valence-corrected chi connectivity index (χ2v) is 5.68. The number of amides is 1. The maximum absolute atomic E-state index is 12.3. The van der Waals surface area contributed by atoms with E-state index in [1.165, 1.54) is 0 Å². The molecule has 1 saturated heterocycles. The molecule has 0 saturated carbocycles. The Labute approximate surface area is 121 Å². The van der Waals surface area contributed by atoms with Crippen LogP contribution in [0.1, 0.15) is 20.3 Å². The zero-order chi connectivity index (χ0) is 14.4. The first-order chi connectivity index (χ1) is 9.66. The van der Waals surface area contributed by atoms with E-state index in [-0.39, 0.29) is 18.6 Å². The van der Waals surface area contributed by atoms with Gasteiger partial charge in [-0.3, -0.25) is 4.79 Å². The van der Waals surface area contributed by atoms with Crippen LogP contribution in [0.5, 0.6) is 5.75 Å². The van der Waals surface area contributed by atoms with E-state index in [0.29, 0.717) is 5.92 Å². The van der Waals surface area contributed by atoms with E-state index >= 15 is 0 Å². The Morgan fingerprint density at radius 2 is 2.15 bits per heavy atom. The average Bonchev–Trinajstić information content (AvgIpc) is 2.46. The normalized spacial score (nSPS) is 19.1. The Balaban J connectivity index is 1.89. The standard InChI is InChI=1S/C16H24N2O2/c1-13(2)10-14-11-17-8-9-18(14)16(19)12-20-15-6-4-3-5-7-15/h3-7,13-14,17H,8-12H2,1-2H3. The molecule has 1 heterocycles. The quantitative estimate of drug-likeness (QED) is 0.893. The van der Waals surface area contributed by atoms with Crippen LogP contribution >= 0.6 is 0 Å². The minimum absolute atomic E-state index is 0.0843. The van der Waals surface area contributed by atoms with Crippen LogP contribution in [0.4, 0.5) is 0 Å². The molecule has 0 bridgehead atoms. The highest BCUT2D eigenvalue weighted by Gasteiger charge is 2.27. The molecule has 0 aromatic heterocycles. The monoisotopic (exact) mass is 276 g/mol. The van der Waals surface area contributed by atoms with E-state index in [1.54, 1.807) is 0 Å². The number of nitrogens with zero attached hydrogens (tertiary/aromatic N) is 1. The number of rotatable bonds is 5. The lowest BCUT2D eigenvalue weighted by Crippen LogP contribution is -2.55. The number of ether oxygens (including phenoxy) is 1. The molecule has 1 aliphatic heterocycles. The summed E-state index contributed by atoms with van der Waals surface area (Å²) in [7, 11) is 0. The second kappa shape index (κ2) is 7.29. The average molecular weight is 276 g/mol. The van der Waals surface area contributed by atoms with Gasteiger partial charge in [-0.15, -0.1) is 0 Å². The number of carbonyl (C=O) groups excluding carboxylic acids is 1. The lowest BCUT2D eigenvalue weighted by atomic mass is 10.0. The first-order valence-corrected chi connectivity index (χ1v) is 7.35. The summed E-state index contributed by atoms with van der Waals surface area (Å²) < 4.78 is 5.56. The van der Waals surface area contributed by atoms with Gasteiger partial charge in [-0.25, -0.2) is 0 Å². The van der Waals surface area contributed by atoms with Crippen molar-refractivity contribution in [1.29, 1.82) is 0 Å². The van der Waals surface area contributed by atoms with Crippen LogP contribution in [0, 0.1) is 5.92 Å². The van der Waals surface area contributed by atoms with E-state index in [4.69, 9.17) is 4.74 Å². The first-order valence-electron chi connectivity index (χ1n) is 7.35. The summed E-state index contributed by atoms with van der Waals surface area (Å²) in [6.07, 6.45) is 1.03. The van der Waals surface area contributed by atoms with Crippen LogP contribution in [0.25, 0.3) is 0 Å². The number of carbonyl (C=O) groups is 1. The van der Waals surface area contributed by atoms with E-state index in [1.807, 2.05) is 35.2 Å². The van der Waals surface area contributed by atoms with E-state index in [9.17, 15) is 4.79 Å². The molecule has 2 rings (SSSR count). The minimum atomic E-state index is 0.0843. The van der Waals surface area contributed by atoms with Gasteiger partial charge in [-0.1, -0.05) is 32.0 Å². The Hall–Kier alpha value is -1.55. The predicted molar refractivity (Wildman–Crippen MR) is 79.8 cm³/mol. The molecule has 0 spiro atoms. The lowest BCUT2D eigenvalue weighted by molar-refractivity contribution is -0.136. The number of nitrogens with one attached hydrogen (secondary N) is 1. The van der Waals surface area contributed by atoms with Crippen LogP contribution in [-0.4, -0.2) is 43.1 Å². The van der Waals surface area contributed by atoms with Crippen molar-refractivity contribution < 1.29 is 9.53 Å². The van der Waals surface area contributed by atoms with Crippen LogP contribution in [0.2, 0.25) is 0 Å². The molecular weight excluding hydrogens is 252 g/mol. The van der Waals surface area contributed by atoms with Crippen molar-refractivity contribution >= 4 is 5.91 Å². The van der Waals surface area contributed by atoms with Gasteiger partial charge >= 0.3 is 0 Å². The fourth-order valence-corrected chi connectivity index (χ4v) is 2.59. The highest BCUT2D eigenvalue weighted by Crippen LogP contribution is 2.14. The molecule has 1 aliphatic rings. The van der Waals surface area contributed by atoms with Gasteiger partial charge in [0.25, 0.3) is 5.91 Å². The summed E-state index contributed by atoms with van der Waals surface area (Å²) in [4.78, 5) is 14.3. The third kappa shape index (κ3) is 4.23. The van der Waals surface area contributed by atoms with Gasteiger partial charge < -0.3 is 15.0 Å². The van der Waals surface area contributed by atoms with Crippen molar-refractivity contribution in [3.63, 3.8) is 0 Å². The smallest absolute Gasteiger partial charge is 0.260 e. The molecule has 1 amide bonds. The van der Waals surface area contributed by atoms with Crippen LogP contribution in [0.15, 0.2) is 30.3 Å². The third-order valence-corrected chi connectivity index (χ3v) is 3.52. The molecule has 1 aromatic rings. The molecule has 1 fully saturated rings. The summed E-state index contributed by atoms with van der Waals surface area (Å²) in [5.41, 5.74) is 0. The van der Waals surface area contributed by atoms with E-state index < -0.39 is 0 Å². The molecule has 20 heavy (non-hydrogen) atoms. The Bertz CT molecular complexity index is 420. The van der Waals surface area contributed by atoms with Crippen LogP contribution in [-0.2, 0) is 4.79 Å². The third-order valence-electron chi connectivity index (χ3n) is 3.52. The van der Waals surface area contributed by atoms with Crippen molar-refractivity contribution in [2.75, 3.05) is 26.2 Å². The van der Waals surface area contributed by atoms with Gasteiger partial charge in [-0.05, 0) is 24.5 Å². The SMILES string of the molecule is CC(C)CC1CNCCN1C(=O)COc1ccccc1. The van der Waals surface area contributed by atoms with E-state index in [2.05, 4.69) is 19.2 Å². The fraction of sp³-hybridized carbons (Fsp3) is 0.562. The highest BCUT2D eigenvalue weighted by molar-refractivity contribution is 5.78. The maximum atomic E-state index is 12.3. The van der Waals surface area contributed by atoms with Gasteiger partial charge in [-0.2, -0.15) is 0 Å². The van der Waals surface area contributed by atoms with Gasteiger partial charge in [0.05, 0.1) is 0 Å². The summed E-state index contributed by atoms with van der Waals surface area (Å²) in [5, 5.41) is 3.36. The van der Waals surface area contributed by atoms with Crippen LogP contribution in [0.3, 0.4) is 0 Å². The Morgan fingerprint density at radius 3 is 2.85 bits per heavy atom. The van der Waals surface area contributed by atoms with Gasteiger partial charge in [0, 0.05) is 25.7 Å². The Morgan fingerprint density at radius 1 is 1.40 bits per heavy atom. The van der Waals surface area contributed by atoms with Crippen LogP contribution < -0.4 is 10.1 Å². The van der Waals surface area contributed by atoms with Gasteiger partial charge in [0.15, 0.2) is 6.61 Å². The fourth-order valence-electron chi connectivity index (χ4n) is 2.59. The van der Waals surface area contributed by atoms with Crippen molar-refractivity contribution in [2.24, 2.45) is 5.92 Å². The minimum Gasteiger partial charge on any atom is -0.484 e. The molecule has 0 radical (unpaired) electrons. The lowest BCUT2D eigenvalue weighted by Gasteiger charge is -2.37. The molecule has 4 nitrogen and oxygen atoms in total. The largest absolute Gasteiger partial charge is 0.484 e. The summed E-state index contributed by atoms with van der Waals surface area (Å²) in [6, 6.07) is 9.78. The van der Waals surface area contributed by atoms with Crippen molar-refractivity contribution in [3.8, 4) is 5.75 Å². The zero-order valence-corrected chi connectivity index (χ0v) is 12.3. The first kappa shape index (κ1) is 14.9. The molecule has 4 heteroatoms. The van der Waals surface area contributed by atoms with E-state index in [0.717, 1.165) is 31.8 Å². The van der Waals surface area contributed by atoms with Gasteiger partial charge in [0.2, 0.25) is 0 Å². The molecule has 110 valence electrons. The zero-order valence-electron chi connectivity index (χ0n) is 12.3. The van der Waals surface area contributed by atoms with Gasteiger partial charge in [0.1, 0.15) is 5.75 Å². The number of hydrogen-bond donors (Lipinski definition) is 1. The second-order valence-electron chi connectivity index (χ2n) is 5.68. The van der Waals surface area contributed by atoms with Crippen molar-refractivity contribution in [2.45, 2.75) is 26.3 Å². The van der Waals surface area contributed by atoms with Crippen molar-refractivity contribution in [1.82, 2.24) is 10.2 Å². The summed E-state index contributed by atoms with van der Waals surface area (Å²) in [5.74, 6) is 1.42. The molecule has 1 unspecified atom stereocenters. The van der Waals surface area contributed by atoms with Crippen molar-refractivity contribution in [3.05, 3.63) is 30.3 Å². The molecule has 0 aliphatic carbocycles. The topological polar surface area (TPSA) is 41.6 Å². The predicted octanol–water partition coefficient (Wildman–Crippen LogP) is 1.91. The molecular formula is C16H24N2O2. The maximum Gasteiger partial charge on any atom is 0.260 e. The number of benzene rings is 1.